The van der Waals surface area contributed by atoms with E-state index in [4.69, 9.17) is 37.9 Å². The standard InChI is InChI=1S/C25H36N6O14S/c1-11(41-14(4)34)20(28-30-26)22(42-15(5)35)18(8-38-12(2)32)40-10-46-25-24(44-17(7)37)21(29-31-27)23(43-16(6)36)19(45-25)9-39-13(3)33/h11,18-25H,8-10H2,1-7H3/t11-,18+,19?,20?,21?,22?,23-,24-,25-/m0/s1. The van der Waals surface area contributed by atoms with E-state index >= 15 is 0 Å². The van der Waals surface area contributed by atoms with Gasteiger partial charge in [0, 0.05) is 51.4 Å². The van der Waals surface area contributed by atoms with Gasteiger partial charge in [0.25, 0.3) is 0 Å². The van der Waals surface area contributed by atoms with E-state index in [1.165, 1.54) is 6.92 Å². The lowest BCUT2D eigenvalue weighted by atomic mass is 9.97. The fourth-order valence-corrected chi connectivity index (χ4v) is 5.23. The van der Waals surface area contributed by atoms with Gasteiger partial charge in [-0.1, -0.05) is 22.0 Å². The first-order chi connectivity index (χ1) is 21.6. The summed E-state index contributed by atoms with van der Waals surface area (Å²) in [5, 5.41) is 7.28. The van der Waals surface area contributed by atoms with Crippen LogP contribution in [0.15, 0.2) is 10.2 Å². The van der Waals surface area contributed by atoms with E-state index in [0.717, 1.165) is 53.3 Å². The molecule has 0 aromatic rings. The molecular weight excluding hydrogens is 640 g/mol. The van der Waals surface area contributed by atoms with E-state index in [-0.39, 0.29) is 0 Å². The summed E-state index contributed by atoms with van der Waals surface area (Å²) >= 11 is 0.823. The van der Waals surface area contributed by atoms with Crippen LogP contribution in [0.2, 0.25) is 0 Å². The Morgan fingerprint density at radius 1 is 0.804 bits per heavy atom. The molecule has 1 aliphatic heterocycles. The Hall–Kier alpha value is -4.29. The molecule has 0 aromatic carbocycles. The minimum absolute atomic E-state index is 0.390. The molecule has 0 radical (unpaired) electrons. The highest BCUT2D eigenvalue weighted by molar-refractivity contribution is 7.99. The molecule has 0 spiro atoms. The second kappa shape index (κ2) is 20.0. The number of azide groups is 2. The largest absolute Gasteiger partial charge is 0.463 e. The molecule has 0 amide bonds. The first-order valence-electron chi connectivity index (χ1n) is 13.5. The highest BCUT2D eigenvalue weighted by Gasteiger charge is 2.50. The Morgan fingerprint density at radius 2 is 1.39 bits per heavy atom. The maximum Gasteiger partial charge on any atom is 0.303 e. The zero-order valence-corrected chi connectivity index (χ0v) is 26.9. The van der Waals surface area contributed by atoms with Crippen LogP contribution in [0.5, 0.6) is 0 Å². The van der Waals surface area contributed by atoms with Crippen LogP contribution in [0.4, 0.5) is 0 Å². The van der Waals surface area contributed by atoms with Gasteiger partial charge in [0.1, 0.15) is 67.4 Å². The van der Waals surface area contributed by atoms with Gasteiger partial charge in [-0.2, -0.15) is 0 Å². The summed E-state index contributed by atoms with van der Waals surface area (Å²) in [5.41, 5.74) is 17.2. The van der Waals surface area contributed by atoms with Crippen LogP contribution in [0.1, 0.15) is 48.5 Å². The smallest absolute Gasteiger partial charge is 0.303 e. The quantitative estimate of drug-likeness (QED) is 0.0532. The van der Waals surface area contributed by atoms with Crippen molar-refractivity contribution in [1.82, 2.24) is 0 Å². The second-order valence-corrected chi connectivity index (χ2v) is 10.6. The van der Waals surface area contributed by atoms with Crippen molar-refractivity contribution in [1.29, 1.82) is 0 Å². The molecule has 21 heteroatoms. The molecule has 0 saturated carbocycles. The minimum atomic E-state index is -1.46. The topological polar surface area (TPSA) is 274 Å². The van der Waals surface area contributed by atoms with E-state index in [1.807, 2.05) is 0 Å². The molecule has 0 aromatic heterocycles. The van der Waals surface area contributed by atoms with Crippen LogP contribution >= 0.6 is 11.8 Å². The summed E-state index contributed by atoms with van der Waals surface area (Å²) in [7, 11) is 0. The monoisotopic (exact) mass is 676 g/mol. The van der Waals surface area contributed by atoms with Gasteiger partial charge in [0.15, 0.2) is 0 Å². The molecule has 1 saturated heterocycles. The van der Waals surface area contributed by atoms with Crippen molar-refractivity contribution in [2.24, 2.45) is 10.2 Å². The molecule has 20 nitrogen and oxygen atoms in total. The number of carbonyl (C=O) groups is 6. The highest BCUT2D eigenvalue weighted by atomic mass is 32.2. The third kappa shape index (κ3) is 13.8. The molecule has 4 unspecified atom stereocenters. The Labute approximate surface area is 267 Å². The summed E-state index contributed by atoms with van der Waals surface area (Å²) in [4.78, 5) is 76.3. The number of ether oxygens (including phenoxy) is 8. The van der Waals surface area contributed by atoms with Crippen molar-refractivity contribution in [3.8, 4) is 0 Å². The summed E-state index contributed by atoms with van der Waals surface area (Å²) in [6, 6.07) is -2.70. The Morgan fingerprint density at radius 3 is 1.89 bits per heavy atom. The number of hydrogen-bond acceptors (Lipinski definition) is 17. The maximum atomic E-state index is 12.1. The van der Waals surface area contributed by atoms with Crippen LogP contribution < -0.4 is 0 Å². The van der Waals surface area contributed by atoms with Crippen molar-refractivity contribution in [2.75, 3.05) is 19.2 Å². The van der Waals surface area contributed by atoms with Gasteiger partial charge in [0.05, 0.1) is 5.94 Å². The summed E-state index contributed by atoms with van der Waals surface area (Å²) in [6.45, 7) is 6.99. The highest BCUT2D eigenvalue weighted by Crippen LogP contribution is 2.35. The lowest BCUT2D eigenvalue weighted by molar-refractivity contribution is -0.201. The second-order valence-electron chi connectivity index (χ2n) is 9.57. The SMILES string of the molecule is CC(=O)OCC1O[C@@H](SCO[C@H](COC(C)=O)C(OC(C)=O)C(N=[N+]=[N-])[C@H](C)OC(C)=O)[C@@H](OC(C)=O)C(N=[N+]=[N-])[C@H]1OC(C)=O. The van der Waals surface area contributed by atoms with Gasteiger partial charge in [0.2, 0.25) is 0 Å². The summed E-state index contributed by atoms with van der Waals surface area (Å²) in [6.07, 6.45) is -7.82. The zero-order valence-electron chi connectivity index (χ0n) is 26.1. The molecule has 0 N–H and O–H groups in total. The molecule has 256 valence electrons. The summed E-state index contributed by atoms with van der Waals surface area (Å²) < 4.78 is 43.2. The van der Waals surface area contributed by atoms with Gasteiger partial charge in [-0.15, -0.1) is 0 Å². The Balaban J connectivity index is 3.47. The van der Waals surface area contributed by atoms with Gasteiger partial charge >= 0.3 is 35.8 Å². The number of hydrogen-bond donors (Lipinski definition) is 0. The molecule has 1 heterocycles. The van der Waals surface area contributed by atoms with Crippen LogP contribution in [-0.2, 0) is 66.7 Å². The van der Waals surface area contributed by atoms with E-state index < -0.39 is 109 Å². The molecular formula is C25H36N6O14S. The maximum absolute atomic E-state index is 12.1. The normalized spacial score (nSPS) is 23.0. The Bertz CT molecular complexity index is 1210. The molecule has 1 rings (SSSR count). The zero-order chi connectivity index (χ0) is 35.0. The minimum Gasteiger partial charge on any atom is -0.463 e. The average Bonchev–Trinajstić information content (AvgIpc) is 2.93. The molecule has 46 heavy (non-hydrogen) atoms. The van der Waals surface area contributed by atoms with E-state index in [9.17, 15) is 39.8 Å². The predicted octanol–water partition coefficient (Wildman–Crippen LogP) is 2.02. The lowest BCUT2D eigenvalue weighted by Crippen LogP contribution is -2.59. The van der Waals surface area contributed by atoms with Gasteiger partial charge in [-0.3, -0.25) is 28.8 Å². The molecule has 0 aliphatic carbocycles. The van der Waals surface area contributed by atoms with Crippen LogP contribution in [-0.4, -0.2) is 109 Å². The van der Waals surface area contributed by atoms with Gasteiger partial charge < -0.3 is 37.9 Å². The molecule has 0 bridgehead atoms. The van der Waals surface area contributed by atoms with Crippen molar-refractivity contribution < 1.29 is 66.7 Å². The van der Waals surface area contributed by atoms with E-state index in [0.29, 0.717) is 0 Å². The molecule has 1 fully saturated rings. The van der Waals surface area contributed by atoms with Crippen LogP contribution in [0.25, 0.3) is 20.9 Å². The third-order valence-electron chi connectivity index (χ3n) is 5.84. The van der Waals surface area contributed by atoms with Crippen LogP contribution in [0, 0.1) is 0 Å². The summed E-state index contributed by atoms with van der Waals surface area (Å²) in [5.74, 6) is -4.98. The number of thioether (sulfide) groups is 1. The Kier molecular flexibility index (Phi) is 17.2. The molecule has 9 atom stereocenters. The lowest BCUT2D eigenvalue weighted by Gasteiger charge is -2.43. The van der Waals surface area contributed by atoms with E-state index in [2.05, 4.69) is 20.1 Å². The van der Waals surface area contributed by atoms with Crippen molar-refractivity contribution in [2.45, 2.75) is 103 Å². The van der Waals surface area contributed by atoms with Gasteiger partial charge in [-0.05, 0) is 18.0 Å². The first-order valence-corrected chi connectivity index (χ1v) is 14.6. The van der Waals surface area contributed by atoms with Crippen molar-refractivity contribution in [3.63, 3.8) is 0 Å². The number of carbonyl (C=O) groups excluding carboxylic acids is 6. The number of esters is 6. The fourth-order valence-electron chi connectivity index (χ4n) is 4.21. The first kappa shape index (κ1) is 39.7. The van der Waals surface area contributed by atoms with E-state index in [1.54, 1.807) is 0 Å². The van der Waals surface area contributed by atoms with Crippen molar-refractivity contribution >= 4 is 47.6 Å². The van der Waals surface area contributed by atoms with Gasteiger partial charge in [-0.25, -0.2) is 0 Å². The number of nitrogens with zero attached hydrogens (tertiary/aromatic N) is 6. The fraction of sp³-hybridized carbons (Fsp3) is 0.760. The third-order valence-corrected chi connectivity index (χ3v) is 6.82. The average molecular weight is 677 g/mol. The molecule has 1 aliphatic rings. The van der Waals surface area contributed by atoms with Crippen molar-refractivity contribution in [3.05, 3.63) is 20.9 Å². The van der Waals surface area contributed by atoms with Crippen LogP contribution in [0.3, 0.4) is 0 Å². The number of rotatable bonds is 17. The predicted molar refractivity (Wildman–Crippen MR) is 153 cm³/mol.